The highest BCUT2D eigenvalue weighted by atomic mass is 32.1. The highest BCUT2D eigenvalue weighted by Gasteiger charge is 2.12. The Bertz CT molecular complexity index is 839. The van der Waals surface area contributed by atoms with Crippen LogP contribution in [0.4, 0.5) is 5.69 Å². The summed E-state index contributed by atoms with van der Waals surface area (Å²) in [5.74, 6) is 0.802. The molecule has 3 N–H and O–H groups in total. The number of thiol groups is 1. The van der Waals surface area contributed by atoms with E-state index in [1.165, 1.54) is 0 Å². The molecule has 21 heavy (non-hydrogen) atoms. The Morgan fingerprint density at radius 2 is 2.10 bits per heavy atom. The number of aromatic nitrogens is 2. The fraction of sp³-hybridized carbons (Fsp3) is 0.125. The molecule has 0 bridgehead atoms. The van der Waals surface area contributed by atoms with Crippen molar-refractivity contribution in [2.75, 3.05) is 11.5 Å². The minimum atomic E-state index is -0.0356. The number of H-pyrrole nitrogens is 1. The quantitative estimate of drug-likeness (QED) is 0.395. The topological polar surface area (TPSA) is 71.8 Å². The third kappa shape index (κ3) is 2.52. The highest BCUT2D eigenvalue weighted by molar-refractivity contribution is 7.81. The number of carbonyl (C=O) groups excluding carboxylic acids is 1. The van der Waals surface area contributed by atoms with Crippen LogP contribution in [0.3, 0.4) is 0 Å². The van der Waals surface area contributed by atoms with Crippen LogP contribution in [-0.2, 0) is 0 Å². The Hall–Kier alpha value is -2.27. The van der Waals surface area contributed by atoms with Gasteiger partial charge in [0.15, 0.2) is 5.78 Å². The maximum absolute atomic E-state index is 11.8. The number of hydrogen-bond acceptors (Lipinski definition) is 4. The van der Waals surface area contributed by atoms with Crippen molar-refractivity contribution in [1.29, 1.82) is 0 Å². The van der Waals surface area contributed by atoms with E-state index in [0.29, 0.717) is 17.1 Å². The molecule has 0 aliphatic heterocycles. The van der Waals surface area contributed by atoms with Crippen LogP contribution in [0.1, 0.15) is 15.9 Å². The van der Waals surface area contributed by atoms with Crippen LogP contribution in [0.2, 0.25) is 0 Å². The molecule has 0 spiro atoms. The molecule has 1 aromatic heterocycles. The Balaban J connectivity index is 2.15. The summed E-state index contributed by atoms with van der Waals surface area (Å²) >= 11 is 4.02. The lowest BCUT2D eigenvalue weighted by molar-refractivity contribution is 0.102. The van der Waals surface area contributed by atoms with E-state index in [1.54, 1.807) is 18.2 Å². The molecule has 3 aromatic rings. The van der Waals surface area contributed by atoms with Crippen molar-refractivity contribution in [2.24, 2.45) is 0 Å². The fourth-order valence-corrected chi connectivity index (χ4v) is 2.46. The number of anilines is 1. The molecule has 0 aliphatic rings. The van der Waals surface area contributed by atoms with E-state index in [4.69, 9.17) is 5.73 Å². The normalized spacial score (nSPS) is 11.0. The highest BCUT2D eigenvalue weighted by Crippen LogP contribution is 2.27. The summed E-state index contributed by atoms with van der Waals surface area (Å²) in [6, 6.07) is 11.2. The van der Waals surface area contributed by atoms with Crippen molar-refractivity contribution < 1.29 is 4.79 Å². The molecule has 0 radical (unpaired) electrons. The van der Waals surface area contributed by atoms with Gasteiger partial charge in [0.05, 0.1) is 16.8 Å². The average molecular weight is 297 g/mol. The van der Waals surface area contributed by atoms with Gasteiger partial charge in [-0.15, -0.1) is 0 Å². The average Bonchev–Trinajstić information content (AvgIpc) is 2.89. The zero-order chi connectivity index (χ0) is 15.0. The number of ketones is 1. The molecule has 5 heteroatoms. The van der Waals surface area contributed by atoms with Crippen LogP contribution in [0, 0.1) is 6.92 Å². The SMILES string of the molecule is Cc1ccc2nc(-c3cc(C(=O)CS)ccc3N)[nH]c2c1. The lowest BCUT2D eigenvalue weighted by atomic mass is 10.1. The second kappa shape index (κ2) is 5.26. The van der Waals surface area contributed by atoms with E-state index in [2.05, 4.69) is 22.6 Å². The molecule has 2 aromatic carbocycles. The number of aryl methyl sites for hydroxylation is 1. The van der Waals surface area contributed by atoms with Gasteiger partial charge >= 0.3 is 0 Å². The van der Waals surface area contributed by atoms with Gasteiger partial charge < -0.3 is 10.7 Å². The van der Waals surface area contributed by atoms with Crippen molar-refractivity contribution >= 4 is 35.1 Å². The molecule has 0 atom stereocenters. The van der Waals surface area contributed by atoms with Crippen molar-refractivity contribution in [2.45, 2.75) is 6.92 Å². The van der Waals surface area contributed by atoms with Gasteiger partial charge in [-0.3, -0.25) is 4.79 Å². The first-order valence-corrected chi connectivity index (χ1v) is 7.22. The number of rotatable bonds is 3. The molecule has 4 nitrogen and oxygen atoms in total. The number of imidazole rings is 1. The van der Waals surface area contributed by atoms with Gasteiger partial charge in [0, 0.05) is 16.8 Å². The minimum absolute atomic E-state index is 0.0356. The van der Waals surface area contributed by atoms with Crippen LogP contribution >= 0.6 is 12.6 Å². The van der Waals surface area contributed by atoms with E-state index in [1.807, 2.05) is 25.1 Å². The van der Waals surface area contributed by atoms with Crippen molar-refractivity contribution in [3.05, 3.63) is 47.5 Å². The van der Waals surface area contributed by atoms with Gasteiger partial charge in [0.25, 0.3) is 0 Å². The smallest absolute Gasteiger partial charge is 0.172 e. The summed E-state index contributed by atoms with van der Waals surface area (Å²) in [6.07, 6.45) is 0. The summed E-state index contributed by atoms with van der Waals surface area (Å²) < 4.78 is 0. The first-order valence-electron chi connectivity index (χ1n) is 6.59. The number of fused-ring (bicyclic) bond motifs is 1. The van der Waals surface area contributed by atoms with Crippen molar-refractivity contribution in [3.8, 4) is 11.4 Å². The molecular formula is C16H15N3OS. The molecule has 0 saturated carbocycles. The van der Waals surface area contributed by atoms with Gasteiger partial charge in [-0.2, -0.15) is 12.6 Å². The monoisotopic (exact) mass is 297 g/mol. The first-order chi connectivity index (χ1) is 10.1. The second-order valence-corrected chi connectivity index (χ2v) is 5.31. The fourth-order valence-electron chi connectivity index (χ4n) is 2.28. The molecular weight excluding hydrogens is 282 g/mol. The number of aromatic amines is 1. The molecule has 0 aliphatic carbocycles. The van der Waals surface area contributed by atoms with Gasteiger partial charge in [-0.05, 0) is 42.8 Å². The third-order valence-corrected chi connectivity index (χ3v) is 3.70. The molecule has 0 amide bonds. The lowest BCUT2D eigenvalue weighted by Gasteiger charge is -2.05. The van der Waals surface area contributed by atoms with E-state index in [9.17, 15) is 4.79 Å². The molecule has 1 heterocycles. The summed E-state index contributed by atoms with van der Waals surface area (Å²) in [7, 11) is 0. The van der Waals surface area contributed by atoms with Crippen LogP contribution < -0.4 is 5.73 Å². The second-order valence-electron chi connectivity index (χ2n) is 4.99. The first kappa shape index (κ1) is 13.7. The van der Waals surface area contributed by atoms with Crippen LogP contribution in [0.25, 0.3) is 22.4 Å². The largest absolute Gasteiger partial charge is 0.398 e. The molecule has 106 valence electrons. The van der Waals surface area contributed by atoms with Gasteiger partial charge in [-0.25, -0.2) is 4.98 Å². The Kier molecular flexibility index (Phi) is 3.43. The van der Waals surface area contributed by atoms with Crippen molar-refractivity contribution in [3.63, 3.8) is 0 Å². The van der Waals surface area contributed by atoms with Gasteiger partial charge in [0.1, 0.15) is 5.82 Å². The van der Waals surface area contributed by atoms with Crippen LogP contribution in [-0.4, -0.2) is 21.5 Å². The number of benzene rings is 2. The van der Waals surface area contributed by atoms with Crippen LogP contribution in [0.5, 0.6) is 0 Å². The third-order valence-electron chi connectivity index (χ3n) is 3.41. The number of Topliss-reactive ketones (excluding diaryl/α,β-unsaturated/α-hetero) is 1. The van der Waals surface area contributed by atoms with E-state index in [-0.39, 0.29) is 11.5 Å². The maximum atomic E-state index is 11.8. The number of carbonyl (C=O) groups is 1. The van der Waals surface area contributed by atoms with E-state index in [0.717, 1.165) is 22.2 Å². The Labute approximate surface area is 127 Å². The minimum Gasteiger partial charge on any atom is -0.398 e. The molecule has 0 fully saturated rings. The summed E-state index contributed by atoms with van der Waals surface area (Å²) in [5.41, 5.74) is 10.9. The number of nitrogen functional groups attached to an aromatic ring is 1. The van der Waals surface area contributed by atoms with Gasteiger partial charge in [0.2, 0.25) is 0 Å². The standard InChI is InChI=1S/C16H15N3OS/c1-9-2-5-13-14(6-9)19-16(18-13)11-7-10(15(20)8-21)3-4-12(11)17/h2-7,21H,8,17H2,1H3,(H,18,19). The van der Waals surface area contributed by atoms with E-state index < -0.39 is 0 Å². The number of nitrogens with zero attached hydrogens (tertiary/aromatic N) is 1. The van der Waals surface area contributed by atoms with E-state index >= 15 is 0 Å². The summed E-state index contributed by atoms with van der Waals surface area (Å²) in [5, 5.41) is 0. The van der Waals surface area contributed by atoms with Crippen molar-refractivity contribution in [1.82, 2.24) is 9.97 Å². The summed E-state index contributed by atoms with van der Waals surface area (Å²) in [4.78, 5) is 19.6. The lowest BCUT2D eigenvalue weighted by Crippen LogP contribution is -2.02. The Morgan fingerprint density at radius 3 is 2.86 bits per heavy atom. The number of nitrogens with one attached hydrogen (secondary N) is 1. The van der Waals surface area contributed by atoms with Crippen LogP contribution in [0.15, 0.2) is 36.4 Å². The number of nitrogens with two attached hydrogens (primary N) is 1. The Morgan fingerprint density at radius 1 is 1.29 bits per heavy atom. The zero-order valence-electron chi connectivity index (χ0n) is 11.6. The summed E-state index contributed by atoms with van der Waals surface area (Å²) in [6.45, 7) is 2.03. The number of hydrogen-bond donors (Lipinski definition) is 3. The molecule has 0 saturated heterocycles. The molecule has 3 rings (SSSR count). The predicted octanol–water partition coefficient (Wildman–Crippen LogP) is 3.23. The maximum Gasteiger partial charge on any atom is 0.172 e. The molecule has 0 unspecified atom stereocenters. The van der Waals surface area contributed by atoms with Gasteiger partial charge in [-0.1, -0.05) is 6.07 Å². The predicted molar refractivity (Wildman–Crippen MR) is 88.9 cm³/mol. The zero-order valence-corrected chi connectivity index (χ0v) is 12.4.